The SMILES string of the molecule is CC1C(=O)N(NC(=O)[C@H](C)NC(=O)CCc2ccc(O)cc2)c2ccccc2-c2ccccc21. The first-order chi connectivity index (χ1) is 16.3. The highest BCUT2D eigenvalue weighted by atomic mass is 16.3. The molecule has 1 unspecified atom stereocenters. The Bertz CT molecular complexity index is 1220. The molecule has 3 amide bonds. The van der Waals surface area contributed by atoms with Crippen LogP contribution in [-0.4, -0.2) is 28.9 Å². The van der Waals surface area contributed by atoms with Gasteiger partial charge in [0.25, 0.3) is 11.8 Å². The molecule has 7 heteroatoms. The van der Waals surface area contributed by atoms with Gasteiger partial charge in [-0.05, 0) is 55.2 Å². The Morgan fingerprint density at radius 2 is 1.62 bits per heavy atom. The van der Waals surface area contributed by atoms with Crippen molar-refractivity contribution in [3.63, 3.8) is 0 Å². The van der Waals surface area contributed by atoms with Crippen LogP contribution in [0.25, 0.3) is 11.1 Å². The summed E-state index contributed by atoms with van der Waals surface area (Å²) in [7, 11) is 0. The van der Waals surface area contributed by atoms with Gasteiger partial charge in [-0.15, -0.1) is 0 Å². The molecule has 1 aliphatic rings. The lowest BCUT2D eigenvalue weighted by molar-refractivity contribution is -0.130. The molecular formula is C27H27N3O4. The minimum absolute atomic E-state index is 0.167. The number of phenols is 1. The number of anilines is 1. The molecule has 2 atom stereocenters. The standard InChI is InChI=1S/C27H27N3O4/c1-17-21-7-3-4-8-22(21)23-9-5-6-10-24(23)30(27(17)34)29-26(33)18(2)28-25(32)16-13-19-11-14-20(31)15-12-19/h3-12,14-15,17-18,31H,13,16H2,1-2H3,(H,28,32)(H,29,33)/t17?,18-/m0/s1. The fourth-order valence-corrected chi connectivity index (χ4v) is 4.08. The van der Waals surface area contributed by atoms with Gasteiger partial charge >= 0.3 is 0 Å². The van der Waals surface area contributed by atoms with Gasteiger partial charge in [-0.2, -0.15) is 0 Å². The van der Waals surface area contributed by atoms with Crippen molar-refractivity contribution in [2.75, 3.05) is 5.01 Å². The quantitative estimate of drug-likeness (QED) is 0.526. The summed E-state index contributed by atoms with van der Waals surface area (Å²) >= 11 is 0. The third-order valence-electron chi connectivity index (χ3n) is 6.02. The Hall–Kier alpha value is -4.13. The number of hydrogen-bond acceptors (Lipinski definition) is 4. The molecular weight excluding hydrogens is 430 g/mol. The number of rotatable bonds is 6. The van der Waals surface area contributed by atoms with Crippen LogP contribution in [-0.2, 0) is 20.8 Å². The minimum atomic E-state index is -0.840. The third kappa shape index (κ3) is 4.78. The van der Waals surface area contributed by atoms with Crippen molar-refractivity contribution in [1.29, 1.82) is 0 Å². The molecule has 0 saturated heterocycles. The summed E-state index contributed by atoms with van der Waals surface area (Å²) in [5, 5.41) is 13.4. The van der Waals surface area contributed by atoms with E-state index < -0.39 is 17.9 Å². The van der Waals surface area contributed by atoms with E-state index in [9.17, 15) is 19.5 Å². The predicted molar refractivity (Wildman–Crippen MR) is 130 cm³/mol. The molecule has 1 aliphatic heterocycles. The van der Waals surface area contributed by atoms with Crippen LogP contribution >= 0.6 is 0 Å². The maximum Gasteiger partial charge on any atom is 0.261 e. The summed E-state index contributed by atoms with van der Waals surface area (Å²) in [6, 6.07) is 21.0. The second kappa shape index (κ2) is 9.79. The lowest BCUT2D eigenvalue weighted by Gasteiger charge is -2.27. The molecule has 3 aromatic rings. The van der Waals surface area contributed by atoms with Crippen LogP contribution in [0.1, 0.15) is 37.3 Å². The van der Waals surface area contributed by atoms with Gasteiger partial charge in [-0.1, -0.05) is 54.6 Å². The smallest absolute Gasteiger partial charge is 0.261 e. The van der Waals surface area contributed by atoms with Gasteiger partial charge in [0, 0.05) is 12.0 Å². The number of carbonyl (C=O) groups excluding carboxylic acids is 3. The molecule has 0 bridgehead atoms. The van der Waals surface area contributed by atoms with Gasteiger partial charge in [0.2, 0.25) is 5.91 Å². The molecule has 0 saturated carbocycles. The zero-order chi connectivity index (χ0) is 24.2. The number of aromatic hydroxyl groups is 1. The number of phenolic OH excluding ortho intramolecular Hbond substituents is 1. The molecule has 4 rings (SSSR count). The van der Waals surface area contributed by atoms with E-state index in [4.69, 9.17) is 0 Å². The largest absolute Gasteiger partial charge is 0.508 e. The molecule has 0 aliphatic carbocycles. The summed E-state index contributed by atoms with van der Waals surface area (Å²) in [6.45, 7) is 3.40. The molecule has 34 heavy (non-hydrogen) atoms. The Labute approximate surface area is 198 Å². The number of aryl methyl sites for hydroxylation is 1. The van der Waals surface area contributed by atoms with Crippen molar-refractivity contribution in [3.05, 3.63) is 83.9 Å². The van der Waals surface area contributed by atoms with E-state index in [1.54, 1.807) is 37.3 Å². The van der Waals surface area contributed by atoms with Gasteiger partial charge in [0.1, 0.15) is 11.8 Å². The van der Waals surface area contributed by atoms with Crippen molar-refractivity contribution in [2.24, 2.45) is 0 Å². The van der Waals surface area contributed by atoms with Crippen molar-refractivity contribution in [1.82, 2.24) is 10.7 Å². The van der Waals surface area contributed by atoms with Crippen molar-refractivity contribution in [3.8, 4) is 16.9 Å². The predicted octanol–water partition coefficient (Wildman–Crippen LogP) is 3.68. The lowest BCUT2D eigenvalue weighted by atomic mass is 9.92. The van der Waals surface area contributed by atoms with Crippen molar-refractivity contribution >= 4 is 23.4 Å². The second-order valence-electron chi connectivity index (χ2n) is 8.43. The van der Waals surface area contributed by atoms with Gasteiger partial charge in [0.15, 0.2) is 0 Å². The maximum absolute atomic E-state index is 13.3. The summed E-state index contributed by atoms with van der Waals surface area (Å²) in [6.07, 6.45) is 0.675. The van der Waals surface area contributed by atoms with Crippen LogP contribution in [0.2, 0.25) is 0 Å². The van der Waals surface area contributed by atoms with E-state index in [0.29, 0.717) is 12.1 Å². The Morgan fingerprint density at radius 3 is 2.35 bits per heavy atom. The molecule has 174 valence electrons. The number of carbonyl (C=O) groups is 3. The zero-order valence-electron chi connectivity index (χ0n) is 19.1. The monoisotopic (exact) mass is 457 g/mol. The average Bonchev–Trinajstić information content (AvgIpc) is 2.93. The molecule has 0 fully saturated rings. The first-order valence-electron chi connectivity index (χ1n) is 11.2. The van der Waals surface area contributed by atoms with E-state index in [1.807, 2.05) is 49.4 Å². The topological polar surface area (TPSA) is 98.7 Å². The van der Waals surface area contributed by atoms with Crippen LogP contribution in [0.15, 0.2) is 72.8 Å². The molecule has 3 aromatic carbocycles. The second-order valence-corrected chi connectivity index (χ2v) is 8.43. The lowest BCUT2D eigenvalue weighted by Crippen LogP contribution is -2.54. The number of hydrazine groups is 1. The van der Waals surface area contributed by atoms with Crippen molar-refractivity contribution in [2.45, 2.75) is 38.6 Å². The molecule has 3 N–H and O–H groups in total. The summed E-state index contributed by atoms with van der Waals surface area (Å²) in [5.41, 5.74) is 6.91. The van der Waals surface area contributed by atoms with E-state index in [0.717, 1.165) is 22.3 Å². The fourth-order valence-electron chi connectivity index (χ4n) is 4.08. The van der Waals surface area contributed by atoms with Crippen LogP contribution < -0.4 is 15.8 Å². The van der Waals surface area contributed by atoms with E-state index in [2.05, 4.69) is 10.7 Å². The third-order valence-corrected chi connectivity index (χ3v) is 6.02. The highest BCUT2D eigenvalue weighted by molar-refractivity contribution is 6.06. The molecule has 1 heterocycles. The summed E-state index contributed by atoms with van der Waals surface area (Å²) in [5.74, 6) is -1.31. The number of fused-ring (bicyclic) bond motifs is 3. The summed E-state index contributed by atoms with van der Waals surface area (Å²) < 4.78 is 0. The van der Waals surface area contributed by atoms with Crippen LogP contribution in [0.4, 0.5) is 5.69 Å². The number of hydrogen-bond donors (Lipinski definition) is 3. The number of benzene rings is 3. The number of amides is 3. The fraction of sp³-hybridized carbons (Fsp3) is 0.222. The number of para-hydroxylation sites is 1. The van der Waals surface area contributed by atoms with Crippen LogP contribution in [0, 0.1) is 0 Å². The minimum Gasteiger partial charge on any atom is -0.508 e. The van der Waals surface area contributed by atoms with Crippen LogP contribution in [0.3, 0.4) is 0 Å². The van der Waals surface area contributed by atoms with Crippen LogP contribution in [0.5, 0.6) is 5.75 Å². The van der Waals surface area contributed by atoms with Gasteiger partial charge in [-0.25, -0.2) is 5.01 Å². The summed E-state index contributed by atoms with van der Waals surface area (Å²) in [4.78, 5) is 38.7. The van der Waals surface area contributed by atoms with E-state index in [-0.39, 0.29) is 24.0 Å². The highest BCUT2D eigenvalue weighted by Gasteiger charge is 2.33. The first kappa shape index (κ1) is 23.0. The van der Waals surface area contributed by atoms with Gasteiger partial charge in [-0.3, -0.25) is 19.8 Å². The van der Waals surface area contributed by atoms with E-state index in [1.165, 1.54) is 5.01 Å². The maximum atomic E-state index is 13.3. The van der Waals surface area contributed by atoms with E-state index >= 15 is 0 Å². The normalized spacial score (nSPS) is 15.5. The molecule has 0 aromatic heterocycles. The van der Waals surface area contributed by atoms with Gasteiger partial charge in [0.05, 0.1) is 11.6 Å². The average molecular weight is 458 g/mol. The van der Waals surface area contributed by atoms with Gasteiger partial charge < -0.3 is 10.4 Å². The Balaban J connectivity index is 1.46. The first-order valence-corrected chi connectivity index (χ1v) is 11.2. The molecule has 0 radical (unpaired) electrons. The molecule has 7 nitrogen and oxygen atoms in total. The Kier molecular flexibility index (Phi) is 6.63. The molecule has 0 spiro atoms. The number of nitrogens with one attached hydrogen (secondary N) is 2. The number of nitrogens with zero attached hydrogens (tertiary/aromatic N) is 1. The Morgan fingerprint density at radius 1 is 0.971 bits per heavy atom. The zero-order valence-corrected chi connectivity index (χ0v) is 19.1. The highest BCUT2D eigenvalue weighted by Crippen LogP contribution is 2.39. The van der Waals surface area contributed by atoms with Crippen molar-refractivity contribution < 1.29 is 19.5 Å².